The van der Waals surface area contributed by atoms with Gasteiger partial charge in [-0.3, -0.25) is 4.79 Å². The number of morpholine rings is 1. The van der Waals surface area contributed by atoms with Crippen LogP contribution in [0.1, 0.15) is 5.56 Å². The Hall–Kier alpha value is -1.14. The molecular formula is C13H19ClN2O3. The van der Waals surface area contributed by atoms with E-state index in [-0.39, 0.29) is 24.9 Å². The van der Waals surface area contributed by atoms with Crippen molar-refractivity contribution >= 4 is 24.0 Å². The first-order valence-corrected chi connectivity index (χ1v) is 6.12. The Morgan fingerprint density at radius 2 is 2.16 bits per heavy atom. The molecule has 3 N–H and O–H groups in total. The SMILES string of the molecule is Cl.O=C(Nc1ccc(CCO)cc1)C1CNCCO1. The fourth-order valence-corrected chi connectivity index (χ4v) is 1.84. The van der Waals surface area contributed by atoms with Gasteiger partial charge in [0.15, 0.2) is 0 Å². The van der Waals surface area contributed by atoms with Gasteiger partial charge in [0, 0.05) is 25.4 Å². The Kier molecular flexibility index (Phi) is 6.80. The molecule has 1 aromatic carbocycles. The average Bonchev–Trinajstić information content (AvgIpc) is 2.42. The smallest absolute Gasteiger partial charge is 0.254 e. The van der Waals surface area contributed by atoms with E-state index in [4.69, 9.17) is 9.84 Å². The van der Waals surface area contributed by atoms with E-state index in [1.807, 2.05) is 24.3 Å². The zero-order valence-electron chi connectivity index (χ0n) is 10.6. The second-order valence-electron chi connectivity index (χ2n) is 4.22. The normalized spacial score (nSPS) is 18.5. The zero-order chi connectivity index (χ0) is 12.8. The number of nitrogens with one attached hydrogen (secondary N) is 2. The molecule has 1 fully saturated rings. The van der Waals surface area contributed by atoms with Crippen molar-refractivity contribution in [3.8, 4) is 0 Å². The highest BCUT2D eigenvalue weighted by molar-refractivity contribution is 5.94. The molecule has 106 valence electrons. The summed E-state index contributed by atoms with van der Waals surface area (Å²) in [5.74, 6) is -0.128. The number of carbonyl (C=O) groups excluding carboxylic acids is 1. The highest BCUT2D eigenvalue weighted by atomic mass is 35.5. The minimum absolute atomic E-state index is 0. The number of ether oxygens (including phenoxy) is 1. The number of anilines is 1. The topological polar surface area (TPSA) is 70.6 Å². The maximum absolute atomic E-state index is 11.9. The van der Waals surface area contributed by atoms with Gasteiger partial charge in [0.2, 0.25) is 0 Å². The van der Waals surface area contributed by atoms with Gasteiger partial charge in [0.1, 0.15) is 6.10 Å². The van der Waals surface area contributed by atoms with Crippen molar-refractivity contribution < 1.29 is 14.6 Å². The van der Waals surface area contributed by atoms with Crippen LogP contribution < -0.4 is 10.6 Å². The lowest BCUT2D eigenvalue weighted by molar-refractivity contribution is -0.128. The Labute approximate surface area is 118 Å². The van der Waals surface area contributed by atoms with Crippen molar-refractivity contribution in [3.63, 3.8) is 0 Å². The minimum atomic E-state index is -0.420. The van der Waals surface area contributed by atoms with E-state index in [0.29, 0.717) is 19.6 Å². The first-order chi connectivity index (χ1) is 8.79. The third kappa shape index (κ3) is 4.80. The highest BCUT2D eigenvalue weighted by Gasteiger charge is 2.21. The van der Waals surface area contributed by atoms with Gasteiger partial charge in [-0.05, 0) is 24.1 Å². The van der Waals surface area contributed by atoms with Crippen molar-refractivity contribution in [1.29, 1.82) is 0 Å². The van der Waals surface area contributed by atoms with Gasteiger partial charge in [-0.2, -0.15) is 0 Å². The van der Waals surface area contributed by atoms with Gasteiger partial charge in [0.25, 0.3) is 5.91 Å². The molecular weight excluding hydrogens is 268 g/mol. The van der Waals surface area contributed by atoms with Crippen molar-refractivity contribution in [2.45, 2.75) is 12.5 Å². The van der Waals surface area contributed by atoms with Crippen LogP contribution in [0.5, 0.6) is 0 Å². The van der Waals surface area contributed by atoms with Crippen LogP contribution in [0.4, 0.5) is 5.69 Å². The molecule has 0 bridgehead atoms. The van der Waals surface area contributed by atoms with E-state index in [1.54, 1.807) is 0 Å². The van der Waals surface area contributed by atoms with E-state index in [2.05, 4.69) is 10.6 Å². The quantitative estimate of drug-likeness (QED) is 0.757. The summed E-state index contributed by atoms with van der Waals surface area (Å²) in [7, 11) is 0. The maximum Gasteiger partial charge on any atom is 0.254 e. The van der Waals surface area contributed by atoms with Gasteiger partial charge < -0.3 is 20.5 Å². The van der Waals surface area contributed by atoms with Crippen LogP contribution in [0.2, 0.25) is 0 Å². The Morgan fingerprint density at radius 1 is 1.42 bits per heavy atom. The molecule has 1 saturated heterocycles. The van der Waals surface area contributed by atoms with E-state index in [1.165, 1.54) is 0 Å². The van der Waals surface area contributed by atoms with E-state index < -0.39 is 6.10 Å². The number of hydrogen-bond donors (Lipinski definition) is 3. The van der Waals surface area contributed by atoms with E-state index >= 15 is 0 Å². The summed E-state index contributed by atoms with van der Waals surface area (Å²) in [5.41, 5.74) is 1.79. The minimum Gasteiger partial charge on any atom is -0.396 e. The fraction of sp³-hybridized carbons (Fsp3) is 0.462. The van der Waals surface area contributed by atoms with Crippen LogP contribution in [0.3, 0.4) is 0 Å². The summed E-state index contributed by atoms with van der Waals surface area (Å²) < 4.78 is 5.37. The summed E-state index contributed by atoms with van der Waals surface area (Å²) in [5, 5.41) is 14.7. The van der Waals surface area contributed by atoms with Crippen molar-refractivity contribution in [2.24, 2.45) is 0 Å². The van der Waals surface area contributed by atoms with Crippen molar-refractivity contribution in [2.75, 3.05) is 31.6 Å². The number of carbonyl (C=O) groups is 1. The molecule has 1 aliphatic rings. The first kappa shape index (κ1) is 15.9. The Bertz CT molecular complexity index is 391. The van der Waals surface area contributed by atoms with Crippen molar-refractivity contribution in [3.05, 3.63) is 29.8 Å². The molecule has 5 nitrogen and oxygen atoms in total. The number of aliphatic hydroxyl groups excluding tert-OH is 1. The second kappa shape index (κ2) is 8.12. The van der Waals surface area contributed by atoms with Gasteiger partial charge >= 0.3 is 0 Å². The molecule has 1 unspecified atom stereocenters. The molecule has 1 atom stereocenters. The molecule has 0 aliphatic carbocycles. The monoisotopic (exact) mass is 286 g/mol. The van der Waals surface area contributed by atoms with Gasteiger partial charge in [-0.15, -0.1) is 12.4 Å². The number of hydrogen-bond acceptors (Lipinski definition) is 4. The highest BCUT2D eigenvalue weighted by Crippen LogP contribution is 2.11. The van der Waals surface area contributed by atoms with Crippen LogP contribution in [0.25, 0.3) is 0 Å². The molecule has 1 amide bonds. The van der Waals surface area contributed by atoms with Crippen LogP contribution in [-0.2, 0) is 16.0 Å². The first-order valence-electron chi connectivity index (χ1n) is 6.12. The summed E-state index contributed by atoms with van der Waals surface area (Å²) in [6.45, 7) is 2.04. The summed E-state index contributed by atoms with van der Waals surface area (Å²) in [6, 6.07) is 7.45. The van der Waals surface area contributed by atoms with Gasteiger partial charge in [0.05, 0.1) is 6.61 Å². The lowest BCUT2D eigenvalue weighted by atomic mass is 10.1. The molecule has 19 heavy (non-hydrogen) atoms. The van der Waals surface area contributed by atoms with Crippen LogP contribution in [-0.4, -0.2) is 43.4 Å². The van der Waals surface area contributed by atoms with Crippen LogP contribution >= 0.6 is 12.4 Å². The van der Waals surface area contributed by atoms with E-state index in [9.17, 15) is 4.79 Å². The largest absolute Gasteiger partial charge is 0.396 e. The van der Waals surface area contributed by atoms with Crippen LogP contribution in [0, 0.1) is 0 Å². The summed E-state index contributed by atoms with van der Waals surface area (Å²) in [6.07, 6.45) is 0.208. The Morgan fingerprint density at radius 3 is 2.74 bits per heavy atom. The molecule has 0 radical (unpaired) electrons. The number of halogens is 1. The molecule has 1 heterocycles. The van der Waals surface area contributed by atoms with Crippen molar-refractivity contribution in [1.82, 2.24) is 5.32 Å². The third-order valence-corrected chi connectivity index (χ3v) is 2.84. The zero-order valence-corrected chi connectivity index (χ0v) is 11.4. The van der Waals surface area contributed by atoms with E-state index in [0.717, 1.165) is 17.8 Å². The molecule has 0 spiro atoms. The predicted octanol–water partition coefficient (Wildman–Crippen LogP) is 0.570. The average molecular weight is 287 g/mol. The second-order valence-corrected chi connectivity index (χ2v) is 4.22. The van der Waals surface area contributed by atoms with Gasteiger partial charge in [-0.25, -0.2) is 0 Å². The third-order valence-electron chi connectivity index (χ3n) is 2.84. The van der Waals surface area contributed by atoms with Gasteiger partial charge in [-0.1, -0.05) is 12.1 Å². The number of rotatable bonds is 4. The lowest BCUT2D eigenvalue weighted by Gasteiger charge is -2.22. The molecule has 0 saturated carbocycles. The molecule has 0 aromatic heterocycles. The Balaban J connectivity index is 0.00000180. The number of aliphatic hydroxyl groups is 1. The molecule has 1 aromatic rings. The molecule has 2 rings (SSSR count). The summed E-state index contributed by atoms with van der Waals surface area (Å²) >= 11 is 0. The maximum atomic E-state index is 11.9. The predicted molar refractivity (Wildman–Crippen MR) is 75.7 cm³/mol. The summed E-state index contributed by atoms with van der Waals surface area (Å²) in [4.78, 5) is 11.9. The standard InChI is InChI=1S/C13H18N2O3.ClH/c16-7-5-10-1-3-11(4-2-10)15-13(17)12-9-14-6-8-18-12;/h1-4,12,14,16H,5-9H2,(H,15,17);1H. The fourth-order valence-electron chi connectivity index (χ4n) is 1.84. The van der Waals surface area contributed by atoms with Crippen LogP contribution in [0.15, 0.2) is 24.3 Å². The lowest BCUT2D eigenvalue weighted by Crippen LogP contribution is -2.45. The molecule has 6 heteroatoms. The molecule has 1 aliphatic heterocycles. The number of benzene rings is 1. The number of amides is 1.